The Hall–Kier alpha value is -1.55. The number of hydrogen-bond acceptors (Lipinski definition) is 3. The van der Waals surface area contributed by atoms with E-state index in [9.17, 15) is 4.79 Å². The van der Waals surface area contributed by atoms with Crippen molar-refractivity contribution in [1.29, 1.82) is 0 Å². The molecule has 21 heavy (non-hydrogen) atoms. The summed E-state index contributed by atoms with van der Waals surface area (Å²) in [7, 11) is 3.90. The Kier molecular flexibility index (Phi) is 5.23. The molecule has 2 N–H and O–H groups in total. The number of carbonyl (C=O) groups excluding carboxylic acids is 1. The van der Waals surface area contributed by atoms with Crippen molar-refractivity contribution in [2.24, 2.45) is 5.92 Å². The minimum atomic E-state index is 0.125. The van der Waals surface area contributed by atoms with Crippen molar-refractivity contribution in [3.8, 4) is 0 Å². The Morgan fingerprint density at radius 2 is 1.81 bits per heavy atom. The third-order valence-corrected chi connectivity index (χ3v) is 4.67. The fourth-order valence-electron chi connectivity index (χ4n) is 3.23. The number of likely N-dealkylation sites (N-methyl/N-ethyl adjacent to an activating group) is 2. The van der Waals surface area contributed by atoms with Gasteiger partial charge in [0, 0.05) is 24.5 Å². The fraction of sp³-hybridized carbons (Fsp3) is 0.588. The van der Waals surface area contributed by atoms with Gasteiger partial charge in [0.15, 0.2) is 0 Å². The van der Waals surface area contributed by atoms with Crippen LogP contribution in [0.15, 0.2) is 24.3 Å². The van der Waals surface area contributed by atoms with Crippen molar-refractivity contribution in [3.63, 3.8) is 0 Å². The van der Waals surface area contributed by atoms with Crippen LogP contribution in [0.2, 0.25) is 0 Å². The maximum absolute atomic E-state index is 12.4. The molecule has 0 heterocycles. The van der Waals surface area contributed by atoms with Gasteiger partial charge in [0.2, 0.25) is 5.91 Å². The predicted octanol–water partition coefficient (Wildman–Crippen LogP) is 2.74. The zero-order valence-electron chi connectivity index (χ0n) is 13.4. The first-order valence-electron chi connectivity index (χ1n) is 7.81. The number of nitrogens with zero attached hydrogens (tertiary/aromatic N) is 2. The van der Waals surface area contributed by atoms with E-state index >= 15 is 0 Å². The molecule has 1 fully saturated rings. The van der Waals surface area contributed by atoms with Crippen LogP contribution < -0.4 is 10.6 Å². The molecular formula is C17H27N3O. The fourth-order valence-corrected chi connectivity index (χ4v) is 3.23. The summed E-state index contributed by atoms with van der Waals surface area (Å²) < 4.78 is 0. The number of nitrogens with two attached hydrogens (primary N) is 1. The van der Waals surface area contributed by atoms with E-state index in [1.165, 1.54) is 25.7 Å². The van der Waals surface area contributed by atoms with Crippen LogP contribution in [0.25, 0.3) is 0 Å². The van der Waals surface area contributed by atoms with E-state index in [4.69, 9.17) is 5.73 Å². The molecule has 0 radical (unpaired) electrons. The van der Waals surface area contributed by atoms with Crippen LogP contribution in [0, 0.1) is 5.92 Å². The number of amides is 1. The quantitative estimate of drug-likeness (QED) is 0.867. The van der Waals surface area contributed by atoms with Crippen LogP contribution in [0.1, 0.15) is 32.6 Å². The molecule has 2 rings (SSSR count). The van der Waals surface area contributed by atoms with E-state index in [1.807, 2.05) is 31.3 Å². The van der Waals surface area contributed by atoms with Crippen LogP contribution in [0.5, 0.6) is 0 Å². The molecule has 1 aromatic rings. The Bertz CT molecular complexity index is 471. The lowest BCUT2D eigenvalue weighted by Crippen LogP contribution is -2.45. The average molecular weight is 289 g/mol. The highest BCUT2D eigenvalue weighted by molar-refractivity contribution is 5.94. The van der Waals surface area contributed by atoms with Crippen LogP contribution in [-0.4, -0.2) is 37.5 Å². The maximum Gasteiger partial charge on any atom is 0.240 e. The van der Waals surface area contributed by atoms with Gasteiger partial charge in [0.05, 0.1) is 6.54 Å². The standard InChI is InChI=1S/C17H27N3O/c1-13-6-4-5-7-16(13)19(2)12-17(21)20(3)15-10-8-14(18)9-11-15/h8-11,13,16H,4-7,12,18H2,1-3H3. The largest absolute Gasteiger partial charge is 0.399 e. The lowest BCUT2D eigenvalue weighted by Gasteiger charge is -2.36. The zero-order chi connectivity index (χ0) is 15.4. The van der Waals surface area contributed by atoms with Crippen molar-refractivity contribution < 1.29 is 4.79 Å². The maximum atomic E-state index is 12.4. The predicted molar refractivity (Wildman–Crippen MR) is 88.3 cm³/mol. The first-order valence-corrected chi connectivity index (χ1v) is 7.81. The second kappa shape index (κ2) is 6.94. The van der Waals surface area contributed by atoms with Gasteiger partial charge in [-0.3, -0.25) is 9.69 Å². The molecule has 0 aromatic heterocycles. The topological polar surface area (TPSA) is 49.6 Å². The highest BCUT2D eigenvalue weighted by Crippen LogP contribution is 2.27. The Morgan fingerprint density at radius 1 is 1.19 bits per heavy atom. The number of carbonyl (C=O) groups is 1. The van der Waals surface area contributed by atoms with E-state index in [0.717, 1.165) is 5.69 Å². The molecule has 2 unspecified atom stereocenters. The van der Waals surface area contributed by atoms with Gasteiger partial charge >= 0.3 is 0 Å². The number of nitrogen functional groups attached to an aromatic ring is 1. The summed E-state index contributed by atoms with van der Waals surface area (Å²) in [5.74, 6) is 0.804. The molecular weight excluding hydrogens is 262 g/mol. The molecule has 2 atom stereocenters. The molecule has 116 valence electrons. The number of rotatable bonds is 4. The summed E-state index contributed by atoms with van der Waals surface area (Å²) in [4.78, 5) is 16.4. The molecule has 1 aliphatic carbocycles. The second-order valence-corrected chi connectivity index (χ2v) is 6.29. The van der Waals surface area contributed by atoms with Gasteiger partial charge in [-0.25, -0.2) is 0 Å². The molecule has 1 aromatic carbocycles. The van der Waals surface area contributed by atoms with Crippen LogP contribution in [-0.2, 0) is 4.79 Å². The van der Waals surface area contributed by atoms with Crippen LogP contribution in [0.4, 0.5) is 11.4 Å². The molecule has 4 nitrogen and oxygen atoms in total. The summed E-state index contributed by atoms with van der Waals surface area (Å²) in [5, 5.41) is 0. The van der Waals surface area contributed by atoms with Crippen LogP contribution in [0.3, 0.4) is 0 Å². The average Bonchev–Trinajstić information content (AvgIpc) is 2.47. The number of hydrogen-bond donors (Lipinski definition) is 1. The smallest absolute Gasteiger partial charge is 0.240 e. The highest BCUT2D eigenvalue weighted by atomic mass is 16.2. The van der Waals surface area contributed by atoms with E-state index < -0.39 is 0 Å². The van der Waals surface area contributed by atoms with E-state index in [2.05, 4.69) is 18.9 Å². The van der Waals surface area contributed by atoms with E-state index in [0.29, 0.717) is 24.2 Å². The van der Waals surface area contributed by atoms with Crippen molar-refractivity contribution in [3.05, 3.63) is 24.3 Å². The van der Waals surface area contributed by atoms with Gasteiger partial charge in [0.25, 0.3) is 0 Å². The third-order valence-electron chi connectivity index (χ3n) is 4.67. The molecule has 1 saturated carbocycles. The molecule has 1 aliphatic rings. The van der Waals surface area contributed by atoms with Crippen molar-refractivity contribution in [2.45, 2.75) is 38.6 Å². The van der Waals surface area contributed by atoms with Crippen LogP contribution >= 0.6 is 0 Å². The first-order chi connectivity index (χ1) is 9.99. The van der Waals surface area contributed by atoms with E-state index in [1.54, 1.807) is 4.90 Å². The number of benzene rings is 1. The van der Waals surface area contributed by atoms with Crippen molar-refractivity contribution in [1.82, 2.24) is 4.90 Å². The summed E-state index contributed by atoms with van der Waals surface area (Å²) in [6.45, 7) is 2.77. The molecule has 0 bridgehead atoms. The van der Waals surface area contributed by atoms with Crippen molar-refractivity contribution in [2.75, 3.05) is 31.3 Å². The summed E-state index contributed by atoms with van der Waals surface area (Å²) >= 11 is 0. The van der Waals surface area contributed by atoms with Gasteiger partial charge in [-0.1, -0.05) is 19.8 Å². The molecule has 0 spiro atoms. The van der Waals surface area contributed by atoms with E-state index in [-0.39, 0.29) is 5.91 Å². The van der Waals surface area contributed by atoms with Crippen molar-refractivity contribution >= 4 is 17.3 Å². The Morgan fingerprint density at radius 3 is 2.43 bits per heavy atom. The Balaban J connectivity index is 1.95. The highest BCUT2D eigenvalue weighted by Gasteiger charge is 2.26. The minimum absolute atomic E-state index is 0.125. The minimum Gasteiger partial charge on any atom is -0.399 e. The zero-order valence-corrected chi connectivity index (χ0v) is 13.4. The van der Waals surface area contributed by atoms with Gasteiger partial charge < -0.3 is 10.6 Å². The number of anilines is 2. The summed E-state index contributed by atoms with van der Waals surface area (Å²) in [6.07, 6.45) is 5.08. The lowest BCUT2D eigenvalue weighted by molar-refractivity contribution is -0.120. The first kappa shape index (κ1) is 15.8. The molecule has 0 saturated heterocycles. The van der Waals surface area contributed by atoms with Gasteiger partial charge in [-0.05, 0) is 50.1 Å². The SMILES string of the molecule is CC1CCCCC1N(C)CC(=O)N(C)c1ccc(N)cc1. The lowest BCUT2D eigenvalue weighted by atomic mass is 9.85. The summed E-state index contributed by atoms with van der Waals surface area (Å²) in [6, 6.07) is 7.95. The summed E-state index contributed by atoms with van der Waals surface area (Å²) in [5.41, 5.74) is 7.29. The normalized spacial score (nSPS) is 22.3. The Labute approximate surface area is 127 Å². The van der Waals surface area contributed by atoms with Gasteiger partial charge in [-0.15, -0.1) is 0 Å². The molecule has 0 aliphatic heterocycles. The molecule has 4 heteroatoms. The van der Waals surface area contributed by atoms with Gasteiger partial charge in [0.1, 0.15) is 0 Å². The monoisotopic (exact) mass is 289 g/mol. The third kappa shape index (κ3) is 3.97. The van der Waals surface area contributed by atoms with Gasteiger partial charge in [-0.2, -0.15) is 0 Å². The molecule has 1 amide bonds. The second-order valence-electron chi connectivity index (χ2n) is 6.29.